The van der Waals surface area contributed by atoms with Gasteiger partial charge in [0.15, 0.2) is 0 Å². The van der Waals surface area contributed by atoms with Crippen molar-refractivity contribution in [3.05, 3.63) is 58.3 Å². The van der Waals surface area contributed by atoms with Gasteiger partial charge in [0.25, 0.3) is 5.69 Å². The molecule has 0 radical (unpaired) electrons. The van der Waals surface area contributed by atoms with Crippen molar-refractivity contribution >= 4 is 23.5 Å². The van der Waals surface area contributed by atoms with Crippen molar-refractivity contribution in [3.63, 3.8) is 0 Å². The first-order valence-corrected chi connectivity index (χ1v) is 9.20. The molecule has 2 rings (SSSR count). The van der Waals surface area contributed by atoms with E-state index in [9.17, 15) is 20.3 Å². The lowest BCUT2D eigenvalue weighted by molar-refractivity contribution is -0.384. The second-order valence-corrected chi connectivity index (χ2v) is 7.57. The first-order chi connectivity index (χ1) is 12.8. The number of nitro benzene ring substituents is 1. The molecule has 0 saturated heterocycles. The Bertz CT molecular complexity index is 755. The topological polar surface area (TPSA) is 103 Å². The molecule has 2 N–H and O–H groups in total. The molecular weight excluding hydrogens is 368 g/mol. The minimum Gasteiger partial charge on any atom is -0.392 e. The molecule has 0 aliphatic heterocycles. The standard InChI is InChI=1S/C18H24N4O4S/c1-13(23)11-21(27-16-6-4-15(5-7-16)22(25)26)12-17(24)14-8-9-19-18(10-14)20(2)3/h4-10,13,17,23-24H,11-12H2,1-3H3. The maximum absolute atomic E-state index is 10.8. The van der Waals surface area contributed by atoms with Crippen LogP contribution in [0.3, 0.4) is 0 Å². The van der Waals surface area contributed by atoms with Gasteiger partial charge in [0.1, 0.15) is 5.82 Å². The molecule has 1 aromatic heterocycles. The zero-order valence-electron chi connectivity index (χ0n) is 15.5. The summed E-state index contributed by atoms with van der Waals surface area (Å²) in [6.45, 7) is 2.29. The Labute approximate surface area is 162 Å². The Morgan fingerprint density at radius 3 is 2.41 bits per heavy atom. The van der Waals surface area contributed by atoms with Crippen LogP contribution in [0.4, 0.5) is 11.5 Å². The molecule has 8 nitrogen and oxygen atoms in total. The van der Waals surface area contributed by atoms with Crippen LogP contribution in [0.2, 0.25) is 0 Å². The molecule has 0 aliphatic carbocycles. The monoisotopic (exact) mass is 392 g/mol. The van der Waals surface area contributed by atoms with E-state index in [-0.39, 0.29) is 12.2 Å². The summed E-state index contributed by atoms with van der Waals surface area (Å²) in [6, 6.07) is 9.76. The molecule has 27 heavy (non-hydrogen) atoms. The van der Waals surface area contributed by atoms with E-state index >= 15 is 0 Å². The first-order valence-electron chi connectivity index (χ1n) is 8.43. The first kappa shape index (κ1) is 21.1. The average molecular weight is 392 g/mol. The number of hydrogen-bond acceptors (Lipinski definition) is 8. The van der Waals surface area contributed by atoms with Gasteiger partial charge in [-0.1, -0.05) is 0 Å². The molecule has 1 aromatic carbocycles. The zero-order chi connectivity index (χ0) is 20.0. The normalized spacial score (nSPS) is 13.4. The number of nitro groups is 1. The summed E-state index contributed by atoms with van der Waals surface area (Å²) in [6.07, 6.45) is 0.296. The number of anilines is 1. The van der Waals surface area contributed by atoms with Crippen molar-refractivity contribution in [2.45, 2.75) is 24.0 Å². The van der Waals surface area contributed by atoms with Gasteiger partial charge in [-0.3, -0.25) is 10.1 Å². The maximum Gasteiger partial charge on any atom is 0.269 e. The van der Waals surface area contributed by atoms with Crippen LogP contribution >= 0.6 is 11.9 Å². The van der Waals surface area contributed by atoms with Crippen LogP contribution in [0.5, 0.6) is 0 Å². The van der Waals surface area contributed by atoms with Gasteiger partial charge in [-0.2, -0.15) is 0 Å². The smallest absolute Gasteiger partial charge is 0.269 e. The van der Waals surface area contributed by atoms with E-state index in [0.717, 1.165) is 16.3 Å². The third-order valence-corrected chi connectivity index (χ3v) is 4.78. The number of aromatic nitrogens is 1. The van der Waals surface area contributed by atoms with E-state index < -0.39 is 17.1 Å². The fraction of sp³-hybridized carbons (Fsp3) is 0.389. The fourth-order valence-electron chi connectivity index (χ4n) is 2.41. The molecule has 0 amide bonds. The number of nitrogens with zero attached hydrogens (tertiary/aromatic N) is 4. The van der Waals surface area contributed by atoms with Crippen molar-refractivity contribution in [3.8, 4) is 0 Å². The predicted molar refractivity (Wildman–Crippen MR) is 106 cm³/mol. The van der Waals surface area contributed by atoms with Crippen LogP contribution < -0.4 is 4.90 Å². The molecule has 0 bridgehead atoms. The lowest BCUT2D eigenvalue weighted by Gasteiger charge is -2.25. The highest BCUT2D eigenvalue weighted by molar-refractivity contribution is 7.97. The molecule has 0 fully saturated rings. The average Bonchev–Trinajstić information content (AvgIpc) is 2.61. The van der Waals surface area contributed by atoms with Crippen molar-refractivity contribution < 1.29 is 15.1 Å². The second-order valence-electron chi connectivity index (χ2n) is 6.40. The van der Waals surface area contributed by atoms with Crippen LogP contribution in [0, 0.1) is 10.1 Å². The predicted octanol–water partition coefficient (Wildman–Crippen LogP) is 2.48. The summed E-state index contributed by atoms with van der Waals surface area (Å²) < 4.78 is 1.84. The van der Waals surface area contributed by atoms with Crippen LogP contribution in [0.15, 0.2) is 47.5 Å². The van der Waals surface area contributed by atoms with Gasteiger partial charge >= 0.3 is 0 Å². The summed E-state index contributed by atoms with van der Waals surface area (Å²) in [7, 11) is 3.76. The van der Waals surface area contributed by atoms with Gasteiger partial charge in [0, 0.05) is 50.4 Å². The van der Waals surface area contributed by atoms with Crippen molar-refractivity contribution in [1.29, 1.82) is 0 Å². The summed E-state index contributed by atoms with van der Waals surface area (Å²) in [5, 5.41) is 31.2. The number of hydrogen-bond donors (Lipinski definition) is 2. The number of aliphatic hydroxyl groups excluding tert-OH is 2. The van der Waals surface area contributed by atoms with E-state index in [4.69, 9.17) is 0 Å². The lowest BCUT2D eigenvalue weighted by atomic mass is 10.1. The lowest BCUT2D eigenvalue weighted by Crippen LogP contribution is -2.29. The Kier molecular flexibility index (Phi) is 7.55. The fourth-order valence-corrected chi connectivity index (χ4v) is 3.47. The minimum atomic E-state index is -0.768. The Hall–Kier alpha value is -2.20. The van der Waals surface area contributed by atoms with Crippen LogP contribution in [-0.2, 0) is 0 Å². The summed E-state index contributed by atoms with van der Waals surface area (Å²) in [4.78, 5) is 17.2. The molecule has 2 aromatic rings. The number of aliphatic hydroxyl groups is 2. The summed E-state index contributed by atoms with van der Waals surface area (Å²) >= 11 is 1.34. The highest BCUT2D eigenvalue weighted by Crippen LogP contribution is 2.28. The summed E-state index contributed by atoms with van der Waals surface area (Å²) in [5.41, 5.74) is 0.753. The SMILES string of the molecule is CC(O)CN(CC(O)c1ccnc(N(C)C)c1)Sc1ccc([N+](=O)[O-])cc1. The Balaban J connectivity index is 2.11. The highest BCUT2D eigenvalue weighted by atomic mass is 32.2. The van der Waals surface area contributed by atoms with Crippen LogP contribution in [0.25, 0.3) is 0 Å². The van der Waals surface area contributed by atoms with Crippen LogP contribution in [0.1, 0.15) is 18.6 Å². The molecule has 2 unspecified atom stereocenters. The molecule has 0 saturated carbocycles. The molecular formula is C18H24N4O4S. The molecule has 9 heteroatoms. The van der Waals surface area contributed by atoms with E-state index in [2.05, 4.69) is 4.98 Å². The Morgan fingerprint density at radius 2 is 1.85 bits per heavy atom. The number of rotatable bonds is 9. The van der Waals surface area contributed by atoms with E-state index in [0.29, 0.717) is 6.54 Å². The van der Waals surface area contributed by atoms with Gasteiger partial charge in [-0.05, 0) is 48.7 Å². The van der Waals surface area contributed by atoms with E-state index in [1.54, 1.807) is 31.3 Å². The van der Waals surface area contributed by atoms with Gasteiger partial charge in [-0.15, -0.1) is 0 Å². The number of non-ortho nitro benzene ring substituents is 1. The highest BCUT2D eigenvalue weighted by Gasteiger charge is 2.18. The van der Waals surface area contributed by atoms with Gasteiger partial charge in [-0.25, -0.2) is 9.29 Å². The molecule has 2 atom stereocenters. The zero-order valence-corrected chi connectivity index (χ0v) is 16.3. The number of benzene rings is 1. The van der Waals surface area contributed by atoms with Crippen LogP contribution in [-0.4, -0.2) is 57.7 Å². The quantitative estimate of drug-likeness (QED) is 0.381. The van der Waals surface area contributed by atoms with Crippen molar-refractivity contribution in [2.75, 3.05) is 32.1 Å². The Morgan fingerprint density at radius 1 is 1.19 bits per heavy atom. The minimum absolute atomic E-state index is 0.0226. The largest absolute Gasteiger partial charge is 0.392 e. The number of pyridine rings is 1. The van der Waals surface area contributed by atoms with E-state index in [1.165, 1.54) is 24.1 Å². The van der Waals surface area contributed by atoms with Gasteiger partial charge in [0.2, 0.25) is 0 Å². The maximum atomic E-state index is 10.8. The third-order valence-electron chi connectivity index (χ3n) is 3.74. The van der Waals surface area contributed by atoms with Gasteiger partial charge in [0.05, 0.1) is 17.1 Å². The van der Waals surface area contributed by atoms with Crippen molar-refractivity contribution in [1.82, 2.24) is 9.29 Å². The second kappa shape index (κ2) is 9.65. The summed E-state index contributed by atoms with van der Waals surface area (Å²) in [5.74, 6) is 0.747. The molecule has 0 aliphatic rings. The molecule has 0 spiro atoms. The van der Waals surface area contributed by atoms with Gasteiger partial charge < -0.3 is 15.1 Å². The molecule has 1 heterocycles. The molecule has 146 valence electrons. The third kappa shape index (κ3) is 6.47. The van der Waals surface area contributed by atoms with Crippen molar-refractivity contribution in [2.24, 2.45) is 0 Å². The van der Waals surface area contributed by atoms with E-state index in [1.807, 2.05) is 29.4 Å².